The Hall–Kier alpha value is -1.16. The van der Waals surface area contributed by atoms with Crippen molar-refractivity contribution in [3.63, 3.8) is 0 Å². The number of hydrogen-bond acceptors (Lipinski definition) is 2. The van der Waals surface area contributed by atoms with Crippen LogP contribution in [0.15, 0.2) is 28.9 Å². The quantitative estimate of drug-likeness (QED) is 0.781. The molecule has 0 aliphatic heterocycles. The van der Waals surface area contributed by atoms with Gasteiger partial charge in [0, 0.05) is 10.7 Å². The summed E-state index contributed by atoms with van der Waals surface area (Å²) >= 11 is 3.28. The van der Waals surface area contributed by atoms with Crippen molar-refractivity contribution in [1.29, 1.82) is 0 Å². The molecule has 14 heavy (non-hydrogen) atoms. The minimum absolute atomic E-state index is 0.228. The highest BCUT2D eigenvalue weighted by Crippen LogP contribution is 2.30. The Morgan fingerprint density at radius 3 is 2.86 bits per heavy atom. The normalized spacial score (nSPS) is 10.5. The minimum atomic E-state index is -0.384. The first-order valence-electron chi connectivity index (χ1n) is 4.00. The maximum Gasteiger partial charge on any atom is 0.175 e. The molecule has 1 aromatic heterocycles. The van der Waals surface area contributed by atoms with Gasteiger partial charge in [-0.15, -0.1) is 0 Å². The average Bonchev–Trinajstić information content (AvgIpc) is 2.18. The zero-order chi connectivity index (χ0) is 10.1. The van der Waals surface area contributed by atoms with Gasteiger partial charge in [0.2, 0.25) is 0 Å². The highest BCUT2D eigenvalue weighted by molar-refractivity contribution is 9.10. The topological polar surface area (TPSA) is 22.1 Å². The molecule has 1 heterocycles. The first-order valence-corrected chi connectivity index (χ1v) is 4.80. The molecule has 0 aliphatic rings. The summed E-state index contributed by atoms with van der Waals surface area (Å²) in [5.41, 5.74) is 0.609. The molecule has 0 amide bonds. The number of hydrogen-bond donors (Lipinski definition) is 0. The van der Waals surface area contributed by atoms with Crippen LogP contribution in [0, 0.1) is 5.82 Å². The van der Waals surface area contributed by atoms with Gasteiger partial charge in [-0.2, -0.15) is 0 Å². The second-order valence-corrected chi connectivity index (χ2v) is 3.62. The van der Waals surface area contributed by atoms with Gasteiger partial charge >= 0.3 is 0 Å². The van der Waals surface area contributed by atoms with Gasteiger partial charge < -0.3 is 4.74 Å². The zero-order valence-electron chi connectivity index (χ0n) is 7.42. The molecule has 0 radical (unpaired) electrons. The van der Waals surface area contributed by atoms with Gasteiger partial charge in [0.1, 0.15) is 0 Å². The summed E-state index contributed by atoms with van der Waals surface area (Å²) in [6.07, 6.45) is 1.62. The Kier molecular flexibility index (Phi) is 2.37. The lowest BCUT2D eigenvalue weighted by Gasteiger charge is -2.05. The van der Waals surface area contributed by atoms with E-state index in [1.807, 2.05) is 0 Å². The van der Waals surface area contributed by atoms with Crippen molar-refractivity contribution in [2.45, 2.75) is 0 Å². The molecule has 2 nitrogen and oxygen atoms in total. The summed E-state index contributed by atoms with van der Waals surface area (Å²) in [5.74, 6) is -0.156. The maximum atomic E-state index is 13.7. The SMILES string of the molecule is COc1ccc2nccc(Br)c2c1F. The summed E-state index contributed by atoms with van der Waals surface area (Å²) < 4.78 is 19.3. The average molecular weight is 256 g/mol. The van der Waals surface area contributed by atoms with Crippen LogP contribution in [0.1, 0.15) is 0 Å². The van der Waals surface area contributed by atoms with Crippen molar-refractivity contribution >= 4 is 26.8 Å². The second kappa shape index (κ2) is 3.53. The lowest BCUT2D eigenvalue weighted by atomic mass is 10.2. The lowest BCUT2D eigenvalue weighted by molar-refractivity contribution is 0.389. The van der Waals surface area contributed by atoms with Gasteiger partial charge in [0.15, 0.2) is 11.6 Å². The molecule has 0 saturated carbocycles. The van der Waals surface area contributed by atoms with Crippen LogP contribution in [0.2, 0.25) is 0 Å². The number of methoxy groups -OCH3 is 1. The van der Waals surface area contributed by atoms with E-state index >= 15 is 0 Å². The van der Waals surface area contributed by atoms with Crippen molar-refractivity contribution in [2.75, 3.05) is 7.11 Å². The van der Waals surface area contributed by atoms with Crippen molar-refractivity contribution in [1.82, 2.24) is 4.98 Å². The van der Waals surface area contributed by atoms with Crippen LogP contribution in [0.25, 0.3) is 10.9 Å². The number of ether oxygens (including phenoxy) is 1. The molecule has 0 N–H and O–H groups in total. The van der Waals surface area contributed by atoms with Crippen LogP contribution in [0.5, 0.6) is 5.75 Å². The summed E-state index contributed by atoms with van der Waals surface area (Å²) in [6.45, 7) is 0. The van der Waals surface area contributed by atoms with Crippen LogP contribution < -0.4 is 4.74 Å². The second-order valence-electron chi connectivity index (χ2n) is 2.77. The third-order valence-electron chi connectivity index (χ3n) is 1.98. The molecular weight excluding hydrogens is 249 g/mol. The van der Waals surface area contributed by atoms with E-state index in [0.717, 1.165) is 0 Å². The third-order valence-corrected chi connectivity index (χ3v) is 2.64. The van der Waals surface area contributed by atoms with Crippen molar-refractivity contribution < 1.29 is 9.13 Å². The van der Waals surface area contributed by atoms with Crippen LogP contribution in [0.3, 0.4) is 0 Å². The number of nitrogens with zero attached hydrogens (tertiary/aromatic N) is 1. The molecule has 0 aliphatic carbocycles. The number of benzene rings is 1. The van der Waals surface area contributed by atoms with Gasteiger partial charge in [-0.25, -0.2) is 4.39 Å². The van der Waals surface area contributed by atoms with Gasteiger partial charge in [0.05, 0.1) is 18.0 Å². The van der Waals surface area contributed by atoms with E-state index in [0.29, 0.717) is 15.4 Å². The van der Waals surface area contributed by atoms with E-state index in [-0.39, 0.29) is 11.6 Å². The molecule has 0 unspecified atom stereocenters. The summed E-state index contributed by atoms with van der Waals surface area (Å²) in [4.78, 5) is 4.05. The third kappa shape index (κ3) is 1.35. The highest BCUT2D eigenvalue weighted by Gasteiger charge is 2.10. The number of halogens is 2. The largest absolute Gasteiger partial charge is 0.494 e. The van der Waals surface area contributed by atoms with E-state index in [1.54, 1.807) is 24.4 Å². The molecule has 0 bridgehead atoms. The molecule has 0 saturated heterocycles. The predicted molar refractivity (Wildman–Crippen MR) is 56.0 cm³/mol. The number of rotatable bonds is 1. The molecule has 72 valence electrons. The van der Waals surface area contributed by atoms with E-state index in [2.05, 4.69) is 20.9 Å². The van der Waals surface area contributed by atoms with Gasteiger partial charge in [-0.3, -0.25) is 4.98 Å². The van der Waals surface area contributed by atoms with E-state index in [9.17, 15) is 4.39 Å². The Balaban J connectivity index is 2.86. The first-order chi connectivity index (χ1) is 6.74. The Morgan fingerprint density at radius 1 is 1.36 bits per heavy atom. The lowest BCUT2D eigenvalue weighted by Crippen LogP contribution is -1.91. The summed E-state index contributed by atoms with van der Waals surface area (Å²) in [7, 11) is 1.44. The van der Waals surface area contributed by atoms with E-state index in [1.165, 1.54) is 7.11 Å². The molecule has 1 aromatic carbocycles. The molecule has 2 aromatic rings. The molecule has 2 rings (SSSR count). The Morgan fingerprint density at radius 2 is 2.14 bits per heavy atom. The maximum absolute atomic E-state index is 13.7. The number of pyridine rings is 1. The van der Waals surface area contributed by atoms with Crippen molar-refractivity contribution in [3.8, 4) is 5.75 Å². The van der Waals surface area contributed by atoms with Crippen molar-refractivity contribution in [3.05, 3.63) is 34.7 Å². The van der Waals surface area contributed by atoms with Crippen molar-refractivity contribution in [2.24, 2.45) is 0 Å². The Bertz CT molecular complexity index is 487. The van der Waals surface area contributed by atoms with Crippen LogP contribution in [0.4, 0.5) is 4.39 Å². The summed E-state index contributed by atoms with van der Waals surface area (Å²) in [5, 5.41) is 0.451. The molecule has 0 spiro atoms. The van der Waals surface area contributed by atoms with Crippen LogP contribution >= 0.6 is 15.9 Å². The van der Waals surface area contributed by atoms with Gasteiger partial charge in [-0.05, 0) is 34.1 Å². The standard InChI is InChI=1S/C10H7BrFNO/c1-14-8-3-2-7-9(10(8)12)6(11)4-5-13-7/h2-5H,1H3. The minimum Gasteiger partial charge on any atom is -0.494 e. The first kappa shape index (κ1) is 9.40. The fourth-order valence-corrected chi connectivity index (χ4v) is 1.80. The Labute approximate surface area is 88.8 Å². The molecule has 0 fully saturated rings. The summed E-state index contributed by atoms with van der Waals surface area (Å²) in [6, 6.07) is 4.99. The fourth-order valence-electron chi connectivity index (χ4n) is 1.31. The van der Waals surface area contributed by atoms with E-state index in [4.69, 9.17) is 4.74 Å². The number of aromatic nitrogens is 1. The van der Waals surface area contributed by atoms with Gasteiger partial charge in [-0.1, -0.05) is 0 Å². The predicted octanol–water partition coefficient (Wildman–Crippen LogP) is 3.15. The van der Waals surface area contributed by atoms with E-state index < -0.39 is 0 Å². The van der Waals surface area contributed by atoms with Crippen LogP contribution in [-0.4, -0.2) is 12.1 Å². The number of fused-ring (bicyclic) bond motifs is 1. The fraction of sp³-hybridized carbons (Fsp3) is 0.100. The van der Waals surface area contributed by atoms with Crippen LogP contribution in [-0.2, 0) is 0 Å². The molecular formula is C10H7BrFNO. The molecule has 0 atom stereocenters. The monoisotopic (exact) mass is 255 g/mol. The highest BCUT2D eigenvalue weighted by atomic mass is 79.9. The van der Waals surface area contributed by atoms with Gasteiger partial charge in [0.25, 0.3) is 0 Å². The zero-order valence-corrected chi connectivity index (χ0v) is 9.01. The smallest absolute Gasteiger partial charge is 0.175 e. The molecule has 4 heteroatoms.